The quantitative estimate of drug-likeness (QED) is 0.760. The minimum Gasteiger partial charge on any atom is -0.323 e. The van der Waals surface area contributed by atoms with E-state index in [0.717, 1.165) is 5.52 Å². The zero-order chi connectivity index (χ0) is 14.2. The SMILES string of the molecule is NC(c1cccc2ncccc12)C1CCCc2sccc21. The van der Waals surface area contributed by atoms with Crippen molar-refractivity contribution in [2.75, 3.05) is 0 Å². The number of nitrogens with two attached hydrogens (primary N) is 1. The van der Waals surface area contributed by atoms with Crippen molar-refractivity contribution in [1.29, 1.82) is 0 Å². The summed E-state index contributed by atoms with van der Waals surface area (Å²) in [5.74, 6) is 0.436. The summed E-state index contributed by atoms with van der Waals surface area (Å²) in [5, 5.41) is 3.40. The van der Waals surface area contributed by atoms with Crippen molar-refractivity contribution >= 4 is 22.2 Å². The van der Waals surface area contributed by atoms with Crippen LogP contribution in [0.3, 0.4) is 0 Å². The minimum atomic E-state index is 0.0477. The van der Waals surface area contributed by atoms with Crippen molar-refractivity contribution in [2.45, 2.75) is 31.2 Å². The van der Waals surface area contributed by atoms with Gasteiger partial charge in [-0.1, -0.05) is 18.2 Å². The maximum Gasteiger partial charge on any atom is 0.0705 e. The smallest absolute Gasteiger partial charge is 0.0705 e. The van der Waals surface area contributed by atoms with Crippen LogP contribution in [-0.4, -0.2) is 4.98 Å². The Kier molecular flexibility index (Phi) is 3.24. The third kappa shape index (κ3) is 2.17. The van der Waals surface area contributed by atoms with E-state index in [9.17, 15) is 0 Å². The van der Waals surface area contributed by atoms with Crippen LogP contribution < -0.4 is 5.73 Å². The van der Waals surface area contributed by atoms with Gasteiger partial charge in [-0.15, -0.1) is 11.3 Å². The molecule has 4 rings (SSSR count). The van der Waals surface area contributed by atoms with Crippen LogP contribution in [0.25, 0.3) is 10.9 Å². The zero-order valence-electron chi connectivity index (χ0n) is 11.8. The Morgan fingerprint density at radius 2 is 2.14 bits per heavy atom. The molecule has 2 aromatic heterocycles. The second kappa shape index (κ2) is 5.24. The van der Waals surface area contributed by atoms with E-state index in [4.69, 9.17) is 5.73 Å². The molecule has 1 aromatic carbocycles. The predicted octanol–water partition coefficient (Wildman–Crippen LogP) is 4.42. The predicted molar refractivity (Wildman–Crippen MR) is 88.7 cm³/mol. The number of hydrogen-bond donors (Lipinski definition) is 1. The van der Waals surface area contributed by atoms with Gasteiger partial charge in [-0.3, -0.25) is 4.98 Å². The highest BCUT2D eigenvalue weighted by Gasteiger charge is 2.28. The van der Waals surface area contributed by atoms with E-state index >= 15 is 0 Å². The molecule has 0 bridgehead atoms. The van der Waals surface area contributed by atoms with Crippen molar-refractivity contribution in [3.05, 3.63) is 64.0 Å². The summed E-state index contributed by atoms with van der Waals surface area (Å²) in [6.45, 7) is 0. The van der Waals surface area contributed by atoms with Gasteiger partial charge >= 0.3 is 0 Å². The molecule has 3 heteroatoms. The van der Waals surface area contributed by atoms with Gasteiger partial charge in [-0.25, -0.2) is 0 Å². The highest BCUT2D eigenvalue weighted by Crippen LogP contribution is 2.42. The van der Waals surface area contributed by atoms with Gasteiger partial charge < -0.3 is 5.73 Å². The highest BCUT2D eigenvalue weighted by atomic mass is 32.1. The molecule has 2 atom stereocenters. The van der Waals surface area contributed by atoms with Crippen LogP contribution in [0.2, 0.25) is 0 Å². The van der Waals surface area contributed by atoms with E-state index in [2.05, 4.69) is 40.7 Å². The second-order valence-corrected chi connectivity index (χ2v) is 6.74. The second-order valence-electron chi connectivity index (χ2n) is 5.74. The number of nitrogens with zero attached hydrogens (tertiary/aromatic N) is 1. The van der Waals surface area contributed by atoms with Crippen molar-refractivity contribution in [3.8, 4) is 0 Å². The van der Waals surface area contributed by atoms with E-state index < -0.39 is 0 Å². The van der Waals surface area contributed by atoms with Gasteiger partial charge in [-0.2, -0.15) is 0 Å². The molecule has 1 aliphatic carbocycles. The van der Waals surface area contributed by atoms with E-state index in [-0.39, 0.29) is 6.04 Å². The molecule has 2 heterocycles. The van der Waals surface area contributed by atoms with E-state index in [1.807, 2.05) is 23.6 Å². The Bertz CT molecular complexity index is 772. The Morgan fingerprint density at radius 1 is 1.19 bits per heavy atom. The molecule has 0 aliphatic heterocycles. The van der Waals surface area contributed by atoms with Crippen molar-refractivity contribution in [3.63, 3.8) is 0 Å². The van der Waals surface area contributed by atoms with Gasteiger partial charge in [0.1, 0.15) is 0 Å². The maximum absolute atomic E-state index is 6.69. The number of aryl methyl sites for hydroxylation is 1. The summed E-state index contributed by atoms with van der Waals surface area (Å²) < 4.78 is 0. The standard InChI is InChI=1S/C18H18N2S/c19-18(15-5-2-8-17-13(15)9-11-21-17)14-4-1-7-16-12(14)6-3-10-20-16/h1,3-4,6-7,9-11,15,18H,2,5,8,19H2. The van der Waals surface area contributed by atoms with E-state index in [1.54, 1.807) is 0 Å². The molecule has 106 valence electrons. The summed E-state index contributed by atoms with van der Waals surface area (Å²) in [6.07, 6.45) is 5.49. The summed E-state index contributed by atoms with van der Waals surface area (Å²) in [6, 6.07) is 12.7. The lowest BCUT2D eigenvalue weighted by Gasteiger charge is -2.29. The molecule has 21 heavy (non-hydrogen) atoms. The Morgan fingerprint density at radius 3 is 3.10 bits per heavy atom. The fourth-order valence-electron chi connectivity index (χ4n) is 3.53. The lowest BCUT2D eigenvalue weighted by Crippen LogP contribution is -2.23. The molecule has 0 saturated carbocycles. The molecule has 2 nitrogen and oxygen atoms in total. The normalized spacial score (nSPS) is 19.4. The Balaban J connectivity index is 1.80. The molecular formula is C18H18N2S. The lowest BCUT2D eigenvalue weighted by molar-refractivity contribution is 0.481. The van der Waals surface area contributed by atoms with Crippen LogP contribution >= 0.6 is 11.3 Å². The lowest BCUT2D eigenvalue weighted by atomic mass is 9.79. The first-order valence-corrected chi connectivity index (χ1v) is 8.38. The number of fused-ring (bicyclic) bond motifs is 2. The molecule has 0 spiro atoms. The fourth-order valence-corrected chi connectivity index (χ4v) is 4.53. The summed E-state index contributed by atoms with van der Waals surface area (Å²) in [4.78, 5) is 5.98. The molecule has 3 aromatic rings. The van der Waals surface area contributed by atoms with Crippen LogP contribution in [0.4, 0.5) is 0 Å². The van der Waals surface area contributed by atoms with Crippen LogP contribution in [-0.2, 0) is 6.42 Å². The highest BCUT2D eigenvalue weighted by molar-refractivity contribution is 7.10. The molecule has 0 radical (unpaired) electrons. The van der Waals surface area contributed by atoms with Gasteiger partial charge in [0.15, 0.2) is 0 Å². The van der Waals surface area contributed by atoms with Gasteiger partial charge in [0, 0.05) is 28.4 Å². The van der Waals surface area contributed by atoms with Gasteiger partial charge in [0.2, 0.25) is 0 Å². The summed E-state index contributed by atoms with van der Waals surface area (Å²) in [7, 11) is 0. The average molecular weight is 294 g/mol. The summed E-state index contributed by atoms with van der Waals surface area (Å²) in [5.41, 5.74) is 10.4. The number of pyridine rings is 1. The van der Waals surface area contributed by atoms with Crippen LogP contribution in [0.5, 0.6) is 0 Å². The van der Waals surface area contributed by atoms with Crippen LogP contribution in [0.1, 0.15) is 40.8 Å². The maximum atomic E-state index is 6.69. The first kappa shape index (κ1) is 13.0. The molecule has 0 fully saturated rings. The van der Waals surface area contributed by atoms with E-state index in [0.29, 0.717) is 5.92 Å². The number of aromatic nitrogens is 1. The summed E-state index contributed by atoms with van der Waals surface area (Å²) >= 11 is 1.88. The Labute approximate surface area is 128 Å². The number of hydrogen-bond acceptors (Lipinski definition) is 3. The monoisotopic (exact) mass is 294 g/mol. The third-order valence-corrected chi connectivity index (χ3v) is 5.57. The molecule has 2 unspecified atom stereocenters. The van der Waals surface area contributed by atoms with Crippen molar-refractivity contribution < 1.29 is 0 Å². The van der Waals surface area contributed by atoms with Gasteiger partial charge in [0.05, 0.1) is 5.52 Å². The third-order valence-electron chi connectivity index (χ3n) is 4.57. The topological polar surface area (TPSA) is 38.9 Å². The number of benzene rings is 1. The van der Waals surface area contributed by atoms with E-state index in [1.165, 1.54) is 40.7 Å². The molecule has 0 saturated heterocycles. The Hall–Kier alpha value is -1.71. The average Bonchev–Trinajstić information content (AvgIpc) is 3.02. The minimum absolute atomic E-state index is 0.0477. The van der Waals surface area contributed by atoms with Gasteiger partial charge in [0.25, 0.3) is 0 Å². The fraction of sp³-hybridized carbons (Fsp3) is 0.278. The van der Waals surface area contributed by atoms with Crippen LogP contribution in [0.15, 0.2) is 48.0 Å². The van der Waals surface area contributed by atoms with Crippen molar-refractivity contribution in [1.82, 2.24) is 4.98 Å². The number of rotatable bonds is 2. The molecule has 2 N–H and O–H groups in total. The largest absolute Gasteiger partial charge is 0.323 e. The van der Waals surface area contributed by atoms with Crippen molar-refractivity contribution in [2.24, 2.45) is 5.73 Å². The number of thiophene rings is 1. The first-order chi connectivity index (χ1) is 10.3. The van der Waals surface area contributed by atoms with Crippen LogP contribution in [0, 0.1) is 0 Å². The molecule has 0 amide bonds. The zero-order valence-corrected chi connectivity index (χ0v) is 12.6. The molecule has 1 aliphatic rings. The molecular weight excluding hydrogens is 276 g/mol. The first-order valence-electron chi connectivity index (χ1n) is 7.50. The van der Waals surface area contributed by atoms with Gasteiger partial charge in [-0.05, 0) is 54.0 Å².